The summed E-state index contributed by atoms with van der Waals surface area (Å²) < 4.78 is 0. The van der Waals surface area contributed by atoms with Crippen LogP contribution < -0.4 is 0 Å². The zero-order valence-electron chi connectivity index (χ0n) is 11.5. The lowest BCUT2D eigenvalue weighted by atomic mass is 9.84. The molecule has 1 aromatic heterocycles. The molecule has 19 heavy (non-hydrogen) atoms. The number of rotatable bonds is 5. The van der Waals surface area contributed by atoms with Crippen molar-refractivity contribution in [3.63, 3.8) is 0 Å². The van der Waals surface area contributed by atoms with Gasteiger partial charge >= 0.3 is 5.97 Å². The van der Waals surface area contributed by atoms with Crippen molar-refractivity contribution in [1.29, 1.82) is 0 Å². The van der Waals surface area contributed by atoms with E-state index in [2.05, 4.69) is 22.9 Å². The molecule has 1 aromatic rings. The van der Waals surface area contributed by atoms with Crippen molar-refractivity contribution in [2.75, 3.05) is 13.1 Å². The average molecular weight is 262 g/mol. The minimum absolute atomic E-state index is 0.259. The van der Waals surface area contributed by atoms with Gasteiger partial charge in [-0.25, -0.2) is 0 Å². The summed E-state index contributed by atoms with van der Waals surface area (Å²) in [5.41, 5.74) is 1.23. The van der Waals surface area contributed by atoms with Crippen molar-refractivity contribution >= 4 is 5.97 Å². The molecular formula is C15H22N2O2. The summed E-state index contributed by atoms with van der Waals surface area (Å²) in [7, 11) is 0. The van der Waals surface area contributed by atoms with Crippen LogP contribution in [0.15, 0.2) is 24.5 Å². The van der Waals surface area contributed by atoms with Crippen molar-refractivity contribution in [1.82, 2.24) is 9.88 Å². The molecule has 2 unspecified atom stereocenters. The van der Waals surface area contributed by atoms with Gasteiger partial charge in [-0.15, -0.1) is 0 Å². The lowest BCUT2D eigenvalue weighted by Gasteiger charge is -2.35. The summed E-state index contributed by atoms with van der Waals surface area (Å²) in [4.78, 5) is 17.4. The molecule has 4 nitrogen and oxygen atoms in total. The van der Waals surface area contributed by atoms with Crippen LogP contribution in [0.25, 0.3) is 0 Å². The second kappa shape index (κ2) is 6.66. The third kappa shape index (κ3) is 4.31. The molecule has 0 aromatic carbocycles. The quantitative estimate of drug-likeness (QED) is 0.885. The molecule has 0 amide bonds. The van der Waals surface area contributed by atoms with Gasteiger partial charge < -0.3 is 5.11 Å². The first-order chi connectivity index (χ1) is 9.15. The van der Waals surface area contributed by atoms with Crippen LogP contribution in [0.1, 0.15) is 31.7 Å². The molecule has 1 aliphatic rings. The zero-order chi connectivity index (χ0) is 13.7. The monoisotopic (exact) mass is 262 g/mol. The maximum absolute atomic E-state index is 10.8. The Morgan fingerprint density at radius 2 is 2.47 bits per heavy atom. The lowest BCUT2D eigenvalue weighted by molar-refractivity contribution is -0.138. The van der Waals surface area contributed by atoms with E-state index >= 15 is 0 Å². The highest BCUT2D eigenvalue weighted by molar-refractivity contribution is 5.67. The summed E-state index contributed by atoms with van der Waals surface area (Å²) >= 11 is 0. The van der Waals surface area contributed by atoms with Crippen molar-refractivity contribution in [2.24, 2.45) is 11.8 Å². The number of hydrogen-bond donors (Lipinski definition) is 1. The summed E-state index contributed by atoms with van der Waals surface area (Å²) in [5, 5.41) is 8.89. The van der Waals surface area contributed by atoms with Gasteiger partial charge in [0, 0.05) is 31.9 Å². The van der Waals surface area contributed by atoms with Crippen LogP contribution in [0.4, 0.5) is 0 Å². The maximum atomic E-state index is 10.8. The first-order valence-electron chi connectivity index (χ1n) is 6.98. The number of aromatic nitrogens is 1. The van der Waals surface area contributed by atoms with Gasteiger partial charge in [0.05, 0.1) is 0 Å². The summed E-state index contributed by atoms with van der Waals surface area (Å²) in [6, 6.07) is 4.06. The number of hydrogen-bond acceptors (Lipinski definition) is 3. The molecule has 1 saturated heterocycles. The van der Waals surface area contributed by atoms with Gasteiger partial charge in [0.25, 0.3) is 0 Å². The fourth-order valence-electron chi connectivity index (χ4n) is 2.89. The van der Waals surface area contributed by atoms with Gasteiger partial charge in [-0.1, -0.05) is 13.0 Å². The fourth-order valence-corrected chi connectivity index (χ4v) is 2.89. The number of aliphatic carboxylic acids is 1. The van der Waals surface area contributed by atoms with Crippen LogP contribution in [0.5, 0.6) is 0 Å². The van der Waals surface area contributed by atoms with Gasteiger partial charge in [0.15, 0.2) is 0 Å². The predicted octanol–water partition coefficient (Wildman–Crippen LogP) is 2.40. The van der Waals surface area contributed by atoms with E-state index in [-0.39, 0.29) is 12.3 Å². The van der Waals surface area contributed by atoms with E-state index in [4.69, 9.17) is 5.11 Å². The Morgan fingerprint density at radius 3 is 3.16 bits per heavy atom. The lowest BCUT2D eigenvalue weighted by Crippen LogP contribution is -2.37. The second-order valence-electron chi connectivity index (χ2n) is 5.57. The number of carboxylic acid groups (broad SMARTS) is 1. The summed E-state index contributed by atoms with van der Waals surface area (Å²) in [6.45, 7) is 5.09. The SMILES string of the molecule is CC(CC(=O)O)C1CCCN(Cc2cccnc2)C1. The summed E-state index contributed by atoms with van der Waals surface area (Å²) in [6.07, 6.45) is 6.29. The Balaban J connectivity index is 1.88. The van der Waals surface area contributed by atoms with Crippen LogP contribution in [0.3, 0.4) is 0 Å². The zero-order valence-corrected chi connectivity index (χ0v) is 11.5. The van der Waals surface area contributed by atoms with Crippen molar-refractivity contribution < 1.29 is 9.90 Å². The van der Waals surface area contributed by atoms with Gasteiger partial charge in [-0.3, -0.25) is 14.7 Å². The standard InChI is InChI=1S/C15H22N2O2/c1-12(8-15(18)19)14-5-3-7-17(11-14)10-13-4-2-6-16-9-13/h2,4,6,9,12,14H,3,5,7-8,10-11H2,1H3,(H,18,19). The minimum atomic E-state index is -0.683. The Kier molecular flexibility index (Phi) is 4.91. The van der Waals surface area contributed by atoms with Crippen LogP contribution in [-0.4, -0.2) is 34.0 Å². The summed E-state index contributed by atoms with van der Waals surface area (Å²) in [5.74, 6) is 0.0765. The van der Waals surface area contributed by atoms with E-state index in [0.29, 0.717) is 5.92 Å². The second-order valence-corrected chi connectivity index (χ2v) is 5.57. The van der Waals surface area contributed by atoms with E-state index in [0.717, 1.165) is 32.5 Å². The van der Waals surface area contributed by atoms with E-state index < -0.39 is 5.97 Å². The normalized spacial score (nSPS) is 22.1. The Labute approximate surface area is 114 Å². The fraction of sp³-hybridized carbons (Fsp3) is 0.600. The number of piperidine rings is 1. The molecule has 2 atom stereocenters. The first kappa shape index (κ1) is 14.0. The predicted molar refractivity (Wildman–Crippen MR) is 73.7 cm³/mol. The van der Waals surface area contributed by atoms with Crippen molar-refractivity contribution in [2.45, 2.75) is 32.7 Å². The molecule has 0 saturated carbocycles. The molecule has 1 fully saturated rings. The molecular weight excluding hydrogens is 240 g/mol. The topological polar surface area (TPSA) is 53.4 Å². The van der Waals surface area contributed by atoms with Crippen LogP contribution in [0, 0.1) is 11.8 Å². The molecule has 0 spiro atoms. The van der Waals surface area contributed by atoms with Gasteiger partial charge in [-0.2, -0.15) is 0 Å². The molecule has 0 bridgehead atoms. The molecule has 0 aliphatic carbocycles. The highest BCUT2D eigenvalue weighted by Crippen LogP contribution is 2.26. The molecule has 1 N–H and O–H groups in total. The molecule has 2 rings (SSSR count). The Hall–Kier alpha value is -1.42. The van der Waals surface area contributed by atoms with E-state index in [9.17, 15) is 4.79 Å². The van der Waals surface area contributed by atoms with Crippen LogP contribution in [0.2, 0.25) is 0 Å². The highest BCUT2D eigenvalue weighted by Gasteiger charge is 2.25. The molecule has 104 valence electrons. The molecule has 2 heterocycles. The largest absolute Gasteiger partial charge is 0.481 e. The minimum Gasteiger partial charge on any atom is -0.481 e. The maximum Gasteiger partial charge on any atom is 0.303 e. The average Bonchev–Trinajstić information content (AvgIpc) is 2.39. The molecule has 1 aliphatic heterocycles. The smallest absolute Gasteiger partial charge is 0.303 e. The highest BCUT2D eigenvalue weighted by atomic mass is 16.4. The van der Waals surface area contributed by atoms with Crippen LogP contribution in [-0.2, 0) is 11.3 Å². The number of pyridine rings is 1. The third-order valence-corrected chi connectivity index (χ3v) is 3.97. The molecule has 4 heteroatoms. The van der Waals surface area contributed by atoms with E-state index in [1.165, 1.54) is 5.56 Å². The third-order valence-electron chi connectivity index (χ3n) is 3.97. The Bertz CT molecular complexity index is 408. The van der Waals surface area contributed by atoms with E-state index in [1.807, 2.05) is 12.3 Å². The Morgan fingerprint density at radius 1 is 1.63 bits per heavy atom. The number of likely N-dealkylation sites (tertiary alicyclic amines) is 1. The van der Waals surface area contributed by atoms with Crippen LogP contribution >= 0.6 is 0 Å². The van der Waals surface area contributed by atoms with Gasteiger partial charge in [0.1, 0.15) is 0 Å². The first-order valence-corrected chi connectivity index (χ1v) is 6.98. The van der Waals surface area contributed by atoms with Crippen molar-refractivity contribution in [3.8, 4) is 0 Å². The number of carbonyl (C=O) groups is 1. The number of nitrogens with zero attached hydrogens (tertiary/aromatic N) is 2. The molecule has 0 radical (unpaired) electrons. The van der Waals surface area contributed by atoms with Crippen molar-refractivity contribution in [3.05, 3.63) is 30.1 Å². The van der Waals surface area contributed by atoms with Gasteiger partial charge in [0.2, 0.25) is 0 Å². The number of carboxylic acids is 1. The van der Waals surface area contributed by atoms with E-state index in [1.54, 1.807) is 6.20 Å². The van der Waals surface area contributed by atoms with Gasteiger partial charge in [-0.05, 0) is 42.9 Å².